The van der Waals surface area contributed by atoms with Crippen LogP contribution in [0.15, 0.2) is 33.9 Å². The van der Waals surface area contributed by atoms with E-state index in [1.54, 1.807) is 31.2 Å². The molecule has 1 unspecified atom stereocenters. The lowest BCUT2D eigenvalue weighted by atomic mass is 10.1. The molecule has 0 amide bonds. The number of benzene rings is 1. The van der Waals surface area contributed by atoms with E-state index in [-0.39, 0.29) is 30.6 Å². The lowest BCUT2D eigenvalue weighted by molar-refractivity contribution is -0.148. The zero-order valence-electron chi connectivity index (χ0n) is 12.8. The molecule has 1 N–H and O–H groups in total. The summed E-state index contributed by atoms with van der Waals surface area (Å²) in [6.07, 6.45) is 1.14. The van der Waals surface area contributed by atoms with Gasteiger partial charge in [0.1, 0.15) is 0 Å². The van der Waals surface area contributed by atoms with Crippen LogP contribution in [0.25, 0.3) is 10.9 Å². The van der Waals surface area contributed by atoms with Gasteiger partial charge in [-0.05, 0) is 25.0 Å². The van der Waals surface area contributed by atoms with E-state index in [2.05, 4.69) is 4.98 Å². The highest BCUT2D eigenvalue weighted by Crippen LogP contribution is 2.04. The van der Waals surface area contributed by atoms with Crippen LogP contribution in [0.1, 0.15) is 26.7 Å². The van der Waals surface area contributed by atoms with Gasteiger partial charge in [-0.1, -0.05) is 26.0 Å². The molecule has 1 aromatic carbocycles. The van der Waals surface area contributed by atoms with E-state index >= 15 is 0 Å². The SMILES string of the molecule is CCC(C)C(=O)OCCCn1c(=O)[nH]c2ccccc2c1=O. The zero-order chi connectivity index (χ0) is 16.1. The van der Waals surface area contributed by atoms with Crippen molar-refractivity contribution in [1.82, 2.24) is 9.55 Å². The summed E-state index contributed by atoms with van der Waals surface area (Å²) in [7, 11) is 0. The summed E-state index contributed by atoms with van der Waals surface area (Å²) >= 11 is 0. The lowest BCUT2D eigenvalue weighted by Crippen LogP contribution is -2.35. The average molecular weight is 304 g/mol. The molecule has 1 heterocycles. The maximum absolute atomic E-state index is 12.3. The van der Waals surface area contributed by atoms with Crippen LogP contribution in [0.4, 0.5) is 0 Å². The highest BCUT2D eigenvalue weighted by molar-refractivity contribution is 5.76. The Morgan fingerprint density at radius 2 is 2.05 bits per heavy atom. The van der Waals surface area contributed by atoms with E-state index in [9.17, 15) is 14.4 Å². The molecule has 1 aromatic heterocycles. The van der Waals surface area contributed by atoms with Gasteiger partial charge in [0.05, 0.1) is 23.4 Å². The summed E-state index contributed by atoms with van der Waals surface area (Å²) in [5.74, 6) is -0.380. The number of para-hydroxylation sites is 1. The molecule has 1 atom stereocenters. The number of ether oxygens (including phenoxy) is 1. The highest BCUT2D eigenvalue weighted by Gasteiger charge is 2.12. The van der Waals surface area contributed by atoms with Crippen LogP contribution in [0, 0.1) is 5.92 Å². The molecule has 2 aromatic rings. The number of carbonyl (C=O) groups excluding carboxylic acids is 1. The number of fused-ring (bicyclic) bond motifs is 1. The molecule has 6 nitrogen and oxygen atoms in total. The molecular formula is C16H20N2O4. The number of nitrogens with one attached hydrogen (secondary N) is 1. The predicted octanol–water partition coefficient (Wildman–Crippen LogP) is 1.67. The number of aromatic nitrogens is 2. The third-order valence-corrected chi connectivity index (χ3v) is 3.67. The van der Waals surface area contributed by atoms with E-state index in [0.29, 0.717) is 17.3 Å². The fourth-order valence-electron chi connectivity index (χ4n) is 2.11. The van der Waals surface area contributed by atoms with Crippen molar-refractivity contribution in [3.05, 3.63) is 45.1 Å². The lowest BCUT2D eigenvalue weighted by Gasteiger charge is -2.10. The van der Waals surface area contributed by atoms with Gasteiger partial charge in [-0.3, -0.25) is 14.2 Å². The van der Waals surface area contributed by atoms with Gasteiger partial charge in [-0.25, -0.2) is 4.79 Å². The normalized spacial score (nSPS) is 12.3. The molecule has 0 saturated carbocycles. The zero-order valence-corrected chi connectivity index (χ0v) is 12.8. The molecule has 2 rings (SSSR count). The topological polar surface area (TPSA) is 81.2 Å². The first-order valence-corrected chi connectivity index (χ1v) is 7.43. The number of hydrogen-bond acceptors (Lipinski definition) is 4. The third-order valence-electron chi connectivity index (χ3n) is 3.67. The Morgan fingerprint density at radius 1 is 1.32 bits per heavy atom. The van der Waals surface area contributed by atoms with Gasteiger partial charge in [-0.15, -0.1) is 0 Å². The number of carbonyl (C=O) groups is 1. The first kappa shape index (κ1) is 16.0. The number of H-pyrrole nitrogens is 1. The Morgan fingerprint density at radius 3 is 2.77 bits per heavy atom. The second kappa shape index (κ2) is 7.06. The monoisotopic (exact) mass is 304 g/mol. The fraction of sp³-hybridized carbons (Fsp3) is 0.438. The van der Waals surface area contributed by atoms with Crippen molar-refractivity contribution < 1.29 is 9.53 Å². The molecule has 0 fully saturated rings. The van der Waals surface area contributed by atoms with Crippen LogP contribution in [0.3, 0.4) is 0 Å². The number of aromatic amines is 1. The van der Waals surface area contributed by atoms with E-state index in [1.807, 2.05) is 6.92 Å². The Kier molecular flexibility index (Phi) is 5.14. The largest absolute Gasteiger partial charge is 0.465 e. The standard InChI is InChI=1S/C16H20N2O4/c1-3-11(2)15(20)22-10-6-9-18-14(19)12-7-4-5-8-13(12)17-16(18)21/h4-5,7-8,11H,3,6,9-10H2,1-2H3,(H,17,21). The van der Waals surface area contributed by atoms with Gasteiger partial charge in [0.2, 0.25) is 0 Å². The minimum Gasteiger partial charge on any atom is -0.465 e. The van der Waals surface area contributed by atoms with Crippen LogP contribution < -0.4 is 11.2 Å². The number of nitrogens with zero attached hydrogens (tertiary/aromatic N) is 1. The summed E-state index contributed by atoms with van der Waals surface area (Å²) in [6, 6.07) is 6.88. The summed E-state index contributed by atoms with van der Waals surface area (Å²) in [6.45, 7) is 4.13. The van der Waals surface area contributed by atoms with Crippen LogP contribution in [-0.2, 0) is 16.1 Å². The molecule has 0 radical (unpaired) electrons. The van der Waals surface area contributed by atoms with Gasteiger partial charge >= 0.3 is 11.7 Å². The van der Waals surface area contributed by atoms with Crippen molar-refractivity contribution in [2.24, 2.45) is 5.92 Å². The van der Waals surface area contributed by atoms with Gasteiger partial charge in [0, 0.05) is 6.54 Å². The molecule has 0 bridgehead atoms. The van der Waals surface area contributed by atoms with E-state index in [0.717, 1.165) is 11.0 Å². The van der Waals surface area contributed by atoms with Crippen LogP contribution >= 0.6 is 0 Å². The van der Waals surface area contributed by atoms with E-state index < -0.39 is 5.69 Å². The molecular weight excluding hydrogens is 284 g/mol. The molecule has 0 saturated heterocycles. The van der Waals surface area contributed by atoms with Crippen molar-refractivity contribution in [3.8, 4) is 0 Å². The Labute approximate surface area is 127 Å². The molecule has 22 heavy (non-hydrogen) atoms. The number of hydrogen-bond donors (Lipinski definition) is 1. The molecule has 6 heteroatoms. The van der Waals surface area contributed by atoms with Crippen molar-refractivity contribution >= 4 is 16.9 Å². The van der Waals surface area contributed by atoms with Gasteiger partial charge in [0.15, 0.2) is 0 Å². The third kappa shape index (κ3) is 3.44. The summed E-state index contributed by atoms with van der Waals surface area (Å²) in [4.78, 5) is 38.4. The molecule has 0 spiro atoms. The maximum Gasteiger partial charge on any atom is 0.328 e. The summed E-state index contributed by atoms with van der Waals surface area (Å²) < 4.78 is 6.26. The van der Waals surface area contributed by atoms with Gasteiger partial charge in [0.25, 0.3) is 5.56 Å². The molecule has 0 aliphatic carbocycles. The van der Waals surface area contributed by atoms with Gasteiger partial charge < -0.3 is 9.72 Å². The van der Waals surface area contributed by atoms with Crippen LogP contribution in [0.5, 0.6) is 0 Å². The van der Waals surface area contributed by atoms with Crippen molar-refractivity contribution in [2.75, 3.05) is 6.61 Å². The highest BCUT2D eigenvalue weighted by atomic mass is 16.5. The van der Waals surface area contributed by atoms with Crippen LogP contribution in [0.2, 0.25) is 0 Å². The first-order chi connectivity index (χ1) is 10.5. The Hall–Kier alpha value is -2.37. The van der Waals surface area contributed by atoms with Crippen molar-refractivity contribution in [1.29, 1.82) is 0 Å². The summed E-state index contributed by atoms with van der Waals surface area (Å²) in [5, 5.41) is 0.471. The minimum absolute atomic E-state index is 0.133. The van der Waals surface area contributed by atoms with Crippen LogP contribution in [-0.4, -0.2) is 22.1 Å². The van der Waals surface area contributed by atoms with Gasteiger partial charge in [-0.2, -0.15) is 0 Å². The van der Waals surface area contributed by atoms with E-state index in [4.69, 9.17) is 4.74 Å². The fourth-order valence-corrected chi connectivity index (χ4v) is 2.11. The Balaban J connectivity index is 2.05. The number of rotatable bonds is 6. The molecule has 118 valence electrons. The number of esters is 1. The average Bonchev–Trinajstić information content (AvgIpc) is 2.52. The van der Waals surface area contributed by atoms with Crippen molar-refractivity contribution in [2.45, 2.75) is 33.2 Å². The maximum atomic E-state index is 12.3. The minimum atomic E-state index is -0.447. The van der Waals surface area contributed by atoms with Crippen molar-refractivity contribution in [3.63, 3.8) is 0 Å². The summed E-state index contributed by atoms with van der Waals surface area (Å²) in [5.41, 5.74) is -0.249. The van der Waals surface area contributed by atoms with E-state index in [1.165, 1.54) is 0 Å². The Bertz CT molecular complexity index is 776. The predicted molar refractivity (Wildman–Crippen MR) is 83.9 cm³/mol. The quantitative estimate of drug-likeness (QED) is 0.650. The molecule has 0 aliphatic heterocycles. The second-order valence-electron chi connectivity index (χ2n) is 5.26. The first-order valence-electron chi connectivity index (χ1n) is 7.43. The molecule has 0 aliphatic rings. The second-order valence-corrected chi connectivity index (χ2v) is 5.26. The smallest absolute Gasteiger partial charge is 0.328 e.